The lowest BCUT2D eigenvalue weighted by Crippen LogP contribution is -2.29. The highest BCUT2D eigenvalue weighted by atomic mass is 16.5. The SMILES string of the molecule is COc1ccnc(OC)c1C1CC(C)C(=O)N1Cc1cccc(-c2ccccc2)c1. The van der Waals surface area contributed by atoms with Crippen LogP contribution in [0.5, 0.6) is 11.6 Å². The molecule has 0 saturated carbocycles. The summed E-state index contributed by atoms with van der Waals surface area (Å²) in [6, 6.07) is 20.3. The van der Waals surface area contributed by atoms with Crippen molar-refractivity contribution in [3.8, 4) is 22.8 Å². The van der Waals surface area contributed by atoms with Gasteiger partial charge in [0, 0.05) is 18.7 Å². The molecule has 2 heterocycles. The molecule has 0 N–H and O–H groups in total. The standard InChI is InChI=1S/C25H26N2O3/c1-17-14-21(23-22(29-2)12-13-26-24(23)30-3)27(25(17)28)16-18-8-7-11-20(15-18)19-9-5-4-6-10-19/h4-13,15,17,21H,14,16H2,1-3H3. The Bertz CT molecular complexity index is 1010. The molecule has 0 bridgehead atoms. The largest absolute Gasteiger partial charge is 0.496 e. The zero-order valence-electron chi connectivity index (χ0n) is 17.5. The van der Waals surface area contributed by atoms with Crippen molar-refractivity contribution in [2.75, 3.05) is 14.2 Å². The summed E-state index contributed by atoms with van der Waals surface area (Å²) in [6.07, 6.45) is 2.37. The van der Waals surface area contributed by atoms with Crippen LogP contribution in [0.25, 0.3) is 11.1 Å². The maximum Gasteiger partial charge on any atom is 0.226 e. The van der Waals surface area contributed by atoms with Crippen molar-refractivity contribution in [2.24, 2.45) is 5.92 Å². The fourth-order valence-corrected chi connectivity index (χ4v) is 4.22. The molecule has 1 aromatic heterocycles. The minimum Gasteiger partial charge on any atom is -0.496 e. The van der Waals surface area contributed by atoms with E-state index in [9.17, 15) is 4.79 Å². The van der Waals surface area contributed by atoms with Crippen LogP contribution in [-0.4, -0.2) is 30.0 Å². The first-order chi connectivity index (χ1) is 14.6. The summed E-state index contributed by atoms with van der Waals surface area (Å²) in [5.41, 5.74) is 4.22. The van der Waals surface area contributed by atoms with Gasteiger partial charge < -0.3 is 14.4 Å². The fraction of sp³-hybridized carbons (Fsp3) is 0.280. The van der Waals surface area contributed by atoms with Gasteiger partial charge >= 0.3 is 0 Å². The summed E-state index contributed by atoms with van der Waals surface area (Å²) in [5, 5.41) is 0. The number of ether oxygens (including phenoxy) is 2. The first-order valence-electron chi connectivity index (χ1n) is 10.1. The van der Waals surface area contributed by atoms with Gasteiger partial charge in [0.15, 0.2) is 0 Å². The number of aromatic nitrogens is 1. The second-order valence-corrected chi connectivity index (χ2v) is 7.62. The van der Waals surface area contributed by atoms with Crippen molar-refractivity contribution in [3.63, 3.8) is 0 Å². The lowest BCUT2D eigenvalue weighted by atomic mass is 10.00. The van der Waals surface area contributed by atoms with Crippen LogP contribution < -0.4 is 9.47 Å². The number of nitrogens with zero attached hydrogens (tertiary/aromatic N) is 2. The van der Waals surface area contributed by atoms with Crippen LogP contribution >= 0.6 is 0 Å². The third-order valence-corrected chi connectivity index (χ3v) is 5.70. The van der Waals surface area contributed by atoms with Gasteiger partial charge in [-0.3, -0.25) is 4.79 Å². The summed E-state index contributed by atoms with van der Waals surface area (Å²) in [7, 11) is 3.23. The molecule has 154 valence electrons. The molecular formula is C25H26N2O3. The third kappa shape index (κ3) is 3.75. The van der Waals surface area contributed by atoms with Gasteiger partial charge in [-0.1, -0.05) is 55.5 Å². The van der Waals surface area contributed by atoms with Crippen LogP contribution in [-0.2, 0) is 11.3 Å². The molecule has 0 spiro atoms. The van der Waals surface area contributed by atoms with Crippen LogP contribution in [0.2, 0.25) is 0 Å². The Morgan fingerprint density at radius 2 is 1.77 bits per heavy atom. The van der Waals surface area contributed by atoms with Crippen LogP contribution in [0.4, 0.5) is 0 Å². The van der Waals surface area contributed by atoms with Crippen LogP contribution in [0, 0.1) is 5.92 Å². The molecular weight excluding hydrogens is 376 g/mol. The molecule has 3 aromatic rings. The highest BCUT2D eigenvalue weighted by molar-refractivity contribution is 5.82. The number of carbonyl (C=O) groups is 1. The Labute approximate surface area is 177 Å². The normalized spacial score (nSPS) is 18.5. The van der Waals surface area contributed by atoms with E-state index in [0.29, 0.717) is 24.6 Å². The predicted molar refractivity (Wildman–Crippen MR) is 116 cm³/mol. The van der Waals surface area contributed by atoms with Gasteiger partial charge in [-0.15, -0.1) is 0 Å². The Morgan fingerprint density at radius 3 is 2.50 bits per heavy atom. The minimum absolute atomic E-state index is 0.0677. The number of rotatable bonds is 6. The van der Waals surface area contributed by atoms with Crippen molar-refractivity contribution >= 4 is 5.91 Å². The van der Waals surface area contributed by atoms with Gasteiger partial charge in [-0.05, 0) is 35.2 Å². The fourth-order valence-electron chi connectivity index (χ4n) is 4.22. The quantitative estimate of drug-likeness (QED) is 0.590. The topological polar surface area (TPSA) is 51.7 Å². The molecule has 1 saturated heterocycles. The van der Waals surface area contributed by atoms with Crippen LogP contribution in [0.1, 0.15) is 30.5 Å². The van der Waals surface area contributed by atoms with Gasteiger partial charge in [0.1, 0.15) is 5.75 Å². The summed E-state index contributed by atoms with van der Waals surface area (Å²) >= 11 is 0. The number of methoxy groups -OCH3 is 2. The smallest absolute Gasteiger partial charge is 0.226 e. The molecule has 4 rings (SSSR count). The van der Waals surface area contributed by atoms with Crippen molar-refractivity contribution < 1.29 is 14.3 Å². The van der Waals surface area contributed by atoms with E-state index in [0.717, 1.165) is 22.3 Å². The van der Waals surface area contributed by atoms with E-state index in [1.54, 1.807) is 20.4 Å². The first-order valence-corrected chi connectivity index (χ1v) is 10.1. The Morgan fingerprint density at radius 1 is 1.00 bits per heavy atom. The van der Waals surface area contributed by atoms with E-state index in [-0.39, 0.29) is 17.9 Å². The predicted octanol–water partition coefficient (Wildman–Crippen LogP) is 4.88. The van der Waals surface area contributed by atoms with Gasteiger partial charge in [-0.25, -0.2) is 4.98 Å². The zero-order chi connectivity index (χ0) is 21.1. The maximum absolute atomic E-state index is 13.1. The minimum atomic E-state index is -0.147. The van der Waals surface area contributed by atoms with Crippen molar-refractivity contribution in [2.45, 2.75) is 25.9 Å². The van der Waals surface area contributed by atoms with E-state index in [1.807, 2.05) is 42.2 Å². The molecule has 30 heavy (non-hydrogen) atoms. The van der Waals surface area contributed by atoms with Crippen molar-refractivity contribution in [1.29, 1.82) is 0 Å². The maximum atomic E-state index is 13.1. The lowest BCUT2D eigenvalue weighted by molar-refractivity contribution is -0.132. The molecule has 5 heteroatoms. The van der Waals surface area contributed by atoms with Gasteiger partial charge in [-0.2, -0.15) is 0 Å². The van der Waals surface area contributed by atoms with Gasteiger partial charge in [0.2, 0.25) is 11.8 Å². The third-order valence-electron chi connectivity index (χ3n) is 5.70. The van der Waals surface area contributed by atoms with E-state index < -0.39 is 0 Å². The first kappa shape index (κ1) is 20.0. The molecule has 2 atom stereocenters. The second-order valence-electron chi connectivity index (χ2n) is 7.62. The summed E-state index contributed by atoms with van der Waals surface area (Å²) in [5.74, 6) is 1.26. The molecule has 5 nitrogen and oxygen atoms in total. The molecule has 1 aliphatic heterocycles. The molecule has 0 aliphatic carbocycles. The van der Waals surface area contributed by atoms with Crippen molar-refractivity contribution in [1.82, 2.24) is 9.88 Å². The number of carbonyl (C=O) groups excluding carboxylic acids is 1. The molecule has 1 aliphatic rings. The number of amides is 1. The van der Waals surface area contributed by atoms with Crippen LogP contribution in [0.15, 0.2) is 66.9 Å². The van der Waals surface area contributed by atoms with Crippen LogP contribution in [0.3, 0.4) is 0 Å². The van der Waals surface area contributed by atoms with Gasteiger partial charge in [0.25, 0.3) is 0 Å². The van der Waals surface area contributed by atoms with E-state index in [1.165, 1.54) is 0 Å². The van der Waals surface area contributed by atoms with Crippen molar-refractivity contribution in [3.05, 3.63) is 78.0 Å². The number of pyridine rings is 1. The van der Waals surface area contributed by atoms with E-state index >= 15 is 0 Å². The summed E-state index contributed by atoms with van der Waals surface area (Å²) < 4.78 is 11.1. The summed E-state index contributed by atoms with van der Waals surface area (Å²) in [6.45, 7) is 2.50. The molecule has 1 fully saturated rings. The van der Waals surface area contributed by atoms with E-state index in [4.69, 9.17) is 9.47 Å². The molecule has 0 radical (unpaired) electrons. The Hall–Kier alpha value is -3.34. The number of hydrogen-bond acceptors (Lipinski definition) is 4. The zero-order valence-corrected chi connectivity index (χ0v) is 17.5. The average Bonchev–Trinajstić information content (AvgIpc) is 3.07. The molecule has 2 aromatic carbocycles. The molecule has 1 amide bonds. The highest BCUT2D eigenvalue weighted by Gasteiger charge is 2.40. The monoisotopic (exact) mass is 402 g/mol. The average molecular weight is 402 g/mol. The second kappa shape index (κ2) is 8.57. The number of benzene rings is 2. The lowest BCUT2D eigenvalue weighted by Gasteiger charge is -2.27. The Balaban J connectivity index is 1.69. The highest BCUT2D eigenvalue weighted by Crippen LogP contribution is 2.44. The van der Waals surface area contributed by atoms with E-state index in [2.05, 4.69) is 35.3 Å². The number of likely N-dealkylation sites (tertiary alicyclic amines) is 1. The van der Waals surface area contributed by atoms with Gasteiger partial charge in [0.05, 0.1) is 25.8 Å². The molecule has 2 unspecified atom stereocenters. The Kier molecular flexibility index (Phi) is 5.70. The number of hydrogen-bond donors (Lipinski definition) is 0. The summed E-state index contributed by atoms with van der Waals surface area (Å²) in [4.78, 5) is 19.4.